The maximum absolute atomic E-state index is 12.8. The van der Waals surface area contributed by atoms with Gasteiger partial charge in [0.05, 0.1) is 27.7 Å². The van der Waals surface area contributed by atoms with E-state index in [0.29, 0.717) is 17.4 Å². The van der Waals surface area contributed by atoms with Gasteiger partial charge in [-0.25, -0.2) is 4.57 Å². The van der Waals surface area contributed by atoms with Gasteiger partial charge in [0.15, 0.2) is 6.10 Å². The van der Waals surface area contributed by atoms with Crippen molar-refractivity contribution in [2.75, 3.05) is 47.5 Å². The molecule has 0 aliphatic heterocycles. The van der Waals surface area contributed by atoms with Gasteiger partial charge in [-0.05, 0) is 96.3 Å². The summed E-state index contributed by atoms with van der Waals surface area (Å²) in [6, 6.07) is 0. The Kier molecular flexibility index (Phi) is 50.5. The highest BCUT2D eigenvalue weighted by molar-refractivity contribution is 7.47. The second-order valence-electron chi connectivity index (χ2n) is 20.3. The Balaban J connectivity index is 4.18. The maximum Gasteiger partial charge on any atom is 0.472 e. The number of phosphoric acid groups is 1. The van der Waals surface area contributed by atoms with E-state index >= 15 is 0 Å². The summed E-state index contributed by atoms with van der Waals surface area (Å²) in [6.07, 6.45) is 71.9. The molecule has 0 saturated carbocycles. The van der Waals surface area contributed by atoms with Crippen LogP contribution < -0.4 is 0 Å². The molecule has 414 valence electrons. The predicted molar refractivity (Wildman–Crippen MR) is 307 cm³/mol. The number of allylic oxidation sites excluding steroid dienone is 16. The molecular weight excluding hydrogens is 918 g/mol. The summed E-state index contributed by atoms with van der Waals surface area (Å²) >= 11 is 0. The Morgan fingerprint density at radius 1 is 0.444 bits per heavy atom. The van der Waals surface area contributed by atoms with Crippen molar-refractivity contribution in [3.8, 4) is 0 Å². The quantitative estimate of drug-likeness (QED) is 0.0211. The van der Waals surface area contributed by atoms with E-state index in [1.807, 2.05) is 21.1 Å². The highest BCUT2D eigenvalue weighted by Crippen LogP contribution is 2.43. The van der Waals surface area contributed by atoms with Gasteiger partial charge in [0.2, 0.25) is 0 Å². The van der Waals surface area contributed by atoms with Crippen LogP contribution in [0.25, 0.3) is 0 Å². The zero-order valence-corrected chi connectivity index (χ0v) is 47.8. The monoisotopic (exact) mass is 1030 g/mol. The van der Waals surface area contributed by atoms with E-state index < -0.39 is 26.5 Å². The largest absolute Gasteiger partial charge is 0.472 e. The Morgan fingerprint density at radius 2 is 0.792 bits per heavy atom. The average Bonchev–Trinajstić information content (AvgIpc) is 3.34. The van der Waals surface area contributed by atoms with Crippen LogP contribution in [-0.4, -0.2) is 74.9 Å². The molecule has 0 aromatic heterocycles. The first-order chi connectivity index (χ1) is 35.0. The van der Waals surface area contributed by atoms with Gasteiger partial charge >= 0.3 is 19.8 Å². The van der Waals surface area contributed by atoms with Gasteiger partial charge in [0.25, 0.3) is 0 Å². The third-order valence-electron chi connectivity index (χ3n) is 12.1. The molecule has 1 N–H and O–H groups in total. The summed E-state index contributed by atoms with van der Waals surface area (Å²) < 4.78 is 34.5. The third kappa shape index (κ3) is 56.2. The minimum absolute atomic E-state index is 0.0203. The van der Waals surface area contributed by atoms with Gasteiger partial charge in [-0.15, -0.1) is 0 Å². The zero-order valence-electron chi connectivity index (χ0n) is 46.9. The van der Waals surface area contributed by atoms with Crippen molar-refractivity contribution in [1.82, 2.24) is 0 Å². The van der Waals surface area contributed by atoms with E-state index in [1.165, 1.54) is 116 Å². The number of rotatable bonds is 52. The van der Waals surface area contributed by atoms with Crippen LogP contribution in [0.1, 0.15) is 232 Å². The molecule has 0 amide bonds. The van der Waals surface area contributed by atoms with Crippen molar-refractivity contribution < 1.29 is 42.1 Å². The van der Waals surface area contributed by atoms with Crippen molar-refractivity contribution in [2.45, 2.75) is 238 Å². The van der Waals surface area contributed by atoms with Gasteiger partial charge < -0.3 is 18.9 Å². The molecule has 2 atom stereocenters. The lowest BCUT2D eigenvalue weighted by atomic mass is 10.0. The Morgan fingerprint density at radius 3 is 1.19 bits per heavy atom. The predicted octanol–water partition coefficient (Wildman–Crippen LogP) is 18.0. The molecule has 9 nitrogen and oxygen atoms in total. The summed E-state index contributed by atoms with van der Waals surface area (Å²) in [5.41, 5.74) is 0. The molecule has 0 saturated heterocycles. The molecule has 0 bridgehead atoms. The summed E-state index contributed by atoms with van der Waals surface area (Å²) in [5, 5.41) is 0. The minimum Gasteiger partial charge on any atom is -0.462 e. The molecule has 0 spiro atoms. The van der Waals surface area contributed by atoms with Gasteiger partial charge in [0, 0.05) is 12.8 Å². The smallest absolute Gasteiger partial charge is 0.462 e. The van der Waals surface area contributed by atoms with E-state index in [1.54, 1.807) is 0 Å². The highest BCUT2D eigenvalue weighted by atomic mass is 31.2. The lowest BCUT2D eigenvalue weighted by molar-refractivity contribution is -0.870. The van der Waals surface area contributed by atoms with Crippen LogP contribution in [0.4, 0.5) is 0 Å². The Bertz CT molecular complexity index is 1540. The van der Waals surface area contributed by atoms with E-state index in [9.17, 15) is 19.0 Å². The molecule has 0 aliphatic carbocycles. The fourth-order valence-electron chi connectivity index (χ4n) is 7.64. The number of nitrogens with zero attached hydrogens (tertiary/aromatic N) is 1. The first-order valence-corrected chi connectivity index (χ1v) is 30.5. The molecule has 0 aliphatic rings. The van der Waals surface area contributed by atoms with Gasteiger partial charge in [-0.3, -0.25) is 18.6 Å². The Hall–Kier alpha value is -3.07. The molecule has 0 heterocycles. The molecular formula is C62H109NO8P+. The second-order valence-corrected chi connectivity index (χ2v) is 21.7. The topological polar surface area (TPSA) is 108 Å². The van der Waals surface area contributed by atoms with Gasteiger partial charge in [-0.2, -0.15) is 0 Å². The maximum atomic E-state index is 12.8. The number of carbonyl (C=O) groups excluding carboxylic acids is 2. The second kappa shape index (κ2) is 52.8. The van der Waals surface area contributed by atoms with Crippen LogP contribution in [-0.2, 0) is 32.7 Å². The van der Waals surface area contributed by atoms with Crippen molar-refractivity contribution in [1.29, 1.82) is 0 Å². The highest BCUT2D eigenvalue weighted by Gasteiger charge is 2.27. The fraction of sp³-hybridized carbons (Fsp3) is 0.710. The number of esters is 2. The van der Waals surface area contributed by atoms with E-state index in [0.717, 1.165) is 83.5 Å². The first kappa shape index (κ1) is 68.9. The third-order valence-corrected chi connectivity index (χ3v) is 13.1. The molecule has 72 heavy (non-hydrogen) atoms. The van der Waals surface area contributed by atoms with Crippen LogP contribution in [0.15, 0.2) is 97.2 Å². The van der Waals surface area contributed by atoms with Gasteiger partial charge in [-0.1, -0.05) is 220 Å². The van der Waals surface area contributed by atoms with E-state index in [4.69, 9.17) is 18.5 Å². The number of hydrogen-bond donors (Lipinski definition) is 1. The van der Waals surface area contributed by atoms with Crippen LogP contribution in [0.5, 0.6) is 0 Å². The lowest BCUT2D eigenvalue weighted by Gasteiger charge is -2.24. The van der Waals surface area contributed by atoms with Crippen LogP contribution in [0.3, 0.4) is 0 Å². The number of likely N-dealkylation sites (N-methyl/N-ethyl adjacent to an activating group) is 1. The molecule has 10 heteroatoms. The van der Waals surface area contributed by atoms with Crippen LogP contribution in [0, 0.1) is 0 Å². The van der Waals surface area contributed by atoms with Crippen molar-refractivity contribution in [2.24, 2.45) is 0 Å². The normalized spacial score (nSPS) is 14.0. The van der Waals surface area contributed by atoms with Crippen molar-refractivity contribution in [3.63, 3.8) is 0 Å². The molecule has 0 radical (unpaired) electrons. The lowest BCUT2D eigenvalue weighted by Crippen LogP contribution is -2.37. The zero-order chi connectivity index (χ0) is 52.7. The molecule has 2 unspecified atom stereocenters. The molecule has 0 rings (SSSR count). The van der Waals surface area contributed by atoms with Crippen LogP contribution in [0.2, 0.25) is 0 Å². The number of ether oxygens (including phenoxy) is 2. The SMILES string of the molecule is CC/C=C\C/C=C\C/C=C\C/C=C\C/C=C\CCCCCC(=O)OC(COC(=O)CCCCCCCCCCCCCCCC/C=C\C/C=C\C/C=C\CCCCCCC)COP(=O)(O)OCC[N+](C)(C)C. The average molecular weight is 1030 g/mol. The van der Waals surface area contributed by atoms with Crippen LogP contribution >= 0.6 is 7.82 Å². The minimum atomic E-state index is -4.40. The Labute approximate surface area is 443 Å². The number of carbonyl (C=O) groups is 2. The number of quaternary nitrogens is 1. The molecule has 0 aromatic carbocycles. The first-order valence-electron chi connectivity index (χ1n) is 29.0. The summed E-state index contributed by atoms with van der Waals surface area (Å²) in [4.78, 5) is 35.7. The summed E-state index contributed by atoms with van der Waals surface area (Å²) in [5.74, 6) is -0.838. The summed E-state index contributed by atoms with van der Waals surface area (Å²) in [7, 11) is 1.44. The number of unbranched alkanes of at least 4 members (excludes halogenated alkanes) is 22. The van der Waals surface area contributed by atoms with Crippen molar-refractivity contribution in [3.05, 3.63) is 97.2 Å². The van der Waals surface area contributed by atoms with Crippen molar-refractivity contribution >= 4 is 19.8 Å². The van der Waals surface area contributed by atoms with E-state index in [-0.39, 0.29) is 32.0 Å². The molecule has 0 fully saturated rings. The van der Waals surface area contributed by atoms with Gasteiger partial charge in [0.1, 0.15) is 19.8 Å². The molecule has 0 aromatic rings. The number of phosphoric ester groups is 1. The number of hydrogen-bond acceptors (Lipinski definition) is 7. The van der Waals surface area contributed by atoms with E-state index in [2.05, 4.69) is 111 Å². The fourth-order valence-corrected chi connectivity index (χ4v) is 8.38. The standard InChI is InChI=1S/C62H108NO8P/c1-6-8-10-12-14-16-18-20-22-24-26-27-28-29-30-31-32-33-34-35-37-38-40-42-44-46-48-50-52-54-61(64)68-58-60(59-70-72(66,67)69-57-56-63(3,4)5)71-62(65)55-53-51-49-47-45-43-41-39-36-25-23-21-19-17-15-13-11-9-7-2/h9,11,15,17-18,20-21,23-24,26,28-29,36,39,43,45,60H,6-8,10,12-14,16,19,22,25,27,30-35,37-38,40-42,44,46-59H2,1-5H3/p+1/b11-9-,17-15-,20-18-,23-21-,26-24-,29-28-,39-36-,45-43-. The summed E-state index contributed by atoms with van der Waals surface area (Å²) in [6.45, 7) is 4.27.